The maximum atomic E-state index is 10.3. The molecule has 0 radical (unpaired) electrons. The van der Waals surface area contributed by atoms with E-state index in [0.717, 1.165) is 25.9 Å². The first-order chi connectivity index (χ1) is 7.24. The molecule has 5 heteroatoms. The molecule has 0 bridgehead atoms. The van der Waals surface area contributed by atoms with Crippen molar-refractivity contribution >= 4 is 0 Å². The molecule has 84 valence electrons. The van der Waals surface area contributed by atoms with Crippen LogP contribution >= 0.6 is 0 Å². The zero-order chi connectivity index (χ0) is 10.7. The van der Waals surface area contributed by atoms with Gasteiger partial charge in [-0.1, -0.05) is 12.1 Å². The minimum absolute atomic E-state index is 0.382. The molecule has 2 rings (SSSR count). The molecule has 0 aliphatic carbocycles. The van der Waals surface area contributed by atoms with Gasteiger partial charge in [0, 0.05) is 6.42 Å². The molecule has 2 heterocycles. The molecule has 1 saturated heterocycles. The van der Waals surface area contributed by atoms with E-state index < -0.39 is 5.60 Å². The largest absolute Gasteiger partial charge is 0.380 e. The average molecular weight is 211 g/mol. The fourth-order valence-corrected chi connectivity index (χ4v) is 1.82. The van der Waals surface area contributed by atoms with Crippen LogP contribution in [-0.2, 0) is 12.0 Å². The lowest BCUT2D eigenvalue weighted by Crippen LogP contribution is -2.39. The van der Waals surface area contributed by atoms with Crippen molar-refractivity contribution in [2.45, 2.75) is 38.2 Å². The van der Waals surface area contributed by atoms with Crippen molar-refractivity contribution < 1.29 is 9.63 Å². The van der Waals surface area contributed by atoms with Crippen LogP contribution in [0.5, 0.6) is 0 Å². The van der Waals surface area contributed by atoms with E-state index in [1.165, 1.54) is 0 Å². The van der Waals surface area contributed by atoms with E-state index in [0.29, 0.717) is 24.6 Å². The summed E-state index contributed by atoms with van der Waals surface area (Å²) < 4.78 is 5.12. The molecule has 15 heavy (non-hydrogen) atoms. The Morgan fingerprint density at radius 2 is 2.20 bits per heavy atom. The highest BCUT2D eigenvalue weighted by Crippen LogP contribution is 2.28. The summed E-state index contributed by atoms with van der Waals surface area (Å²) in [5.74, 6) is 1.08. The second-order valence-electron chi connectivity index (χ2n) is 4.05. The van der Waals surface area contributed by atoms with Gasteiger partial charge in [-0.15, -0.1) is 0 Å². The minimum Gasteiger partial charge on any atom is -0.380 e. The van der Waals surface area contributed by atoms with Gasteiger partial charge in [0.1, 0.15) is 5.60 Å². The van der Waals surface area contributed by atoms with Gasteiger partial charge in [-0.2, -0.15) is 4.98 Å². The molecular weight excluding hydrogens is 194 g/mol. The highest BCUT2D eigenvalue weighted by atomic mass is 16.5. The third-order valence-corrected chi connectivity index (χ3v) is 2.77. The zero-order valence-electron chi connectivity index (χ0n) is 8.99. The number of hydrogen-bond donors (Lipinski definition) is 2. The van der Waals surface area contributed by atoms with Crippen molar-refractivity contribution in [3.63, 3.8) is 0 Å². The number of rotatable bonds is 3. The normalized spacial score (nSPS) is 20.4. The van der Waals surface area contributed by atoms with E-state index in [2.05, 4.69) is 22.4 Å². The van der Waals surface area contributed by atoms with Gasteiger partial charge in [0.15, 0.2) is 5.82 Å². The maximum absolute atomic E-state index is 10.3. The van der Waals surface area contributed by atoms with E-state index in [4.69, 9.17) is 4.52 Å². The Morgan fingerprint density at radius 3 is 2.87 bits per heavy atom. The van der Waals surface area contributed by atoms with E-state index in [1.54, 1.807) is 0 Å². The molecule has 1 aliphatic rings. The van der Waals surface area contributed by atoms with Gasteiger partial charge in [0.2, 0.25) is 0 Å². The predicted molar refractivity (Wildman–Crippen MR) is 54.3 cm³/mol. The number of nitrogens with one attached hydrogen (secondary N) is 1. The molecular formula is C10H17N3O2. The summed E-state index contributed by atoms with van der Waals surface area (Å²) in [5, 5.41) is 17.3. The van der Waals surface area contributed by atoms with Gasteiger partial charge >= 0.3 is 0 Å². The molecule has 1 aromatic rings. The highest BCUT2D eigenvalue weighted by Gasteiger charge is 2.36. The Balaban J connectivity index is 2.12. The second-order valence-corrected chi connectivity index (χ2v) is 4.05. The third-order valence-electron chi connectivity index (χ3n) is 2.77. The summed E-state index contributed by atoms with van der Waals surface area (Å²) in [4.78, 5) is 4.24. The Kier molecular flexibility index (Phi) is 3.02. The first-order valence-corrected chi connectivity index (χ1v) is 5.51. The summed E-state index contributed by atoms with van der Waals surface area (Å²) in [6.07, 6.45) is 3.07. The van der Waals surface area contributed by atoms with Crippen molar-refractivity contribution in [1.82, 2.24) is 15.5 Å². The van der Waals surface area contributed by atoms with Crippen LogP contribution in [0.2, 0.25) is 0 Å². The summed E-state index contributed by atoms with van der Waals surface area (Å²) >= 11 is 0. The smallest absolute Gasteiger partial charge is 0.258 e. The van der Waals surface area contributed by atoms with Crippen LogP contribution in [0, 0.1) is 0 Å². The molecule has 0 spiro atoms. The minimum atomic E-state index is -0.912. The van der Waals surface area contributed by atoms with Crippen LogP contribution in [0.4, 0.5) is 0 Å². The van der Waals surface area contributed by atoms with E-state index >= 15 is 0 Å². The topological polar surface area (TPSA) is 71.2 Å². The summed E-state index contributed by atoms with van der Waals surface area (Å²) in [7, 11) is 0. The number of aliphatic hydroxyl groups is 1. The molecule has 5 nitrogen and oxygen atoms in total. The van der Waals surface area contributed by atoms with Gasteiger partial charge in [0.25, 0.3) is 5.89 Å². The molecule has 0 unspecified atom stereocenters. The summed E-state index contributed by atoms with van der Waals surface area (Å²) in [5.41, 5.74) is -0.912. The van der Waals surface area contributed by atoms with E-state index in [1.807, 2.05) is 0 Å². The predicted octanol–water partition coefficient (Wildman–Crippen LogP) is 0.593. The van der Waals surface area contributed by atoms with Gasteiger partial charge < -0.3 is 14.9 Å². The van der Waals surface area contributed by atoms with Crippen molar-refractivity contribution in [1.29, 1.82) is 0 Å². The van der Waals surface area contributed by atoms with E-state index in [-0.39, 0.29) is 0 Å². The third kappa shape index (κ3) is 2.18. The first-order valence-electron chi connectivity index (χ1n) is 5.51. The lowest BCUT2D eigenvalue weighted by molar-refractivity contribution is -0.0228. The Hall–Kier alpha value is -0.940. The van der Waals surface area contributed by atoms with Crippen molar-refractivity contribution in [3.8, 4) is 0 Å². The summed E-state index contributed by atoms with van der Waals surface area (Å²) in [6, 6.07) is 0. The Labute approximate surface area is 88.9 Å². The van der Waals surface area contributed by atoms with Crippen LogP contribution in [0.3, 0.4) is 0 Å². The Bertz CT molecular complexity index is 318. The lowest BCUT2D eigenvalue weighted by Gasteiger charge is -2.28. The van der Waals surface area contributed by atoms with Gasteiger partial charge in [-0.3, -0.25) is 0 Å². The molecule has 2 N–H and O–H groups in total. The molecule has 0 aromatic carbocycles. The molecule has 0 saturated carbocycles. The number of hydrogen-bond acceptors (Lipinski definition) is 5. The quantitative estimate of drug-likeness (QED) is 0.765. The van der Waals surface area contributed by atoms with Crippen molar-refractivity contribution in [2.75, 3.05) is 13.1 Å². The monoisotopic (exact) mass is 211 g/mol. The number of nitrogens with zero attached hydrogens (tertiary/aromatic N) is 2. The maximum Gasteiger partial charge on any atom is 0.258 e. The molecule has 1 aromatic heterocycles. The first kappa shape index (κ1) is 10.6. The second kappa shape index (κ2) is 4.28. The average Bonchev–Trinajstić information content (AvgIpc) is 2.69. The molecule has 0 atom stereocenters. The van der Waals surface area contributed by atoms with Crippen LogP contribution < -0.4 is 5.32 Å². The zero-order valence-corrected chi connectivity index (χ0v) is 8.99. The fraction of sp³-hybridized carbons (Fsp3) is 0.800. The highest BCUT2D eigenvalue weighted by molar-refractivity contribution is 5.01. The van der Waals surface area contributed by atoms with E-state index in [9.17, 15) is 5.11 Å². The number of aryl methyl sites for hydroxylation is 1. The van der Waals surface area contributed by atoms with Gasteiger partial charge in [-0.25, -0.2) is 0 Å². The van der Waals surface area contributed by atoms with Crippen molar-refractivity contribution in [3.05, 3.63) is 11.7 Å². The SMILES string of the molecule is CCCc1noc(C2(O)CCNCC2)n1. The van der Waals surface area contributed by atoms with Crippen molar-refractivity contribution in [2.24, 2.45) is 0 Å². The number of piperidine rings is 1. The van der Waals surface area contributed by atoms with Crippen LogP contribution in [0.1, 0.15) is 37.9 Å². The molecule has 1 fully saturated rings. The fourth-order valence-electron chi connectivity index (χ4n) is 1.82. The van der Waals surface area contributed by atoms with Gasteiger partial charge in [0.05, 0.1) is 0 Å². The lowest BCUT2D eigenvalue weighted by atomic mass is 9.92. The summed E-state index contributed by atoms with van der Waals surface area (Å²) in [6.45, 7) is 3.65. The van der Waals surface area contributed by atoms with Crippen LogP contribution in [0.15, 0.2) is 4.52 Å². The van der Waals surface area contributed by atoms with Crippen LogP contribution in [0.25, 0.3) is 0 Å². The molecule has 0 amide bonds. The van der Waals surface area contributed by atoms with Gasteiger partial charge in [-0.05, 0) is 32.4 Å². The molecule has 1 aliphatic heterocycles. The number of aromatic nitrogens is 2. The Morgan fingerprint density at radius 1 is 1.47 bits per heavy atom. The standard InChI is InChI=1S/C10H17N3O2/c1-2-3-8-12-9(15-13-8)10(14)4-6-11-7-5-10/h11,14H,2-7H2,1H3. The van der Waals surface area contributed by atoms with Crippen LogP contribution in [-0.4, -0.2) is 28.3 Å².